The SMILES string of the molecule is CCC[SH2+].O=C([O-])c1cccc(C(=O)[O-])c1.[Mg+2].[OH-]. The van der Waals surface area contributed by atoms with Gasteiger partial charge in [-0.05, 0) is 36.2 Å². The van der Waals surface area contributed by atoms with Gasteiger partial charge in [-0.25, -0.2) is 0 Å². The zero-order chi connectivity index (χ0) is 12.6. The van der Waals surface area contributed by atoms with Crippen molar-refractivity contribution in [3.63, 3.8) is 0 Å². The van der Waals surface area contributed by atoms with E-state index in [0.29, 0.717) is 0 Å². The van der Waals surface area contributed by atoms with Crippen LogP contribution in [-0.2, 0) is 12.6 Å². The van der Waals surface area contributed by atoms with Gasteiger partial charge in [0.1, 0.15) is 5.75 Å². The molecule has 1 N–H and O–H groups in total. The van der Waals surface area contributed by atoms with Gasteiger partial charge in [-0.3, -0.25) is 0 Å². The third-order valence-electron chi connectivity index (χ3n) is 1.58. The molecule has 7 heteroatoms. The van der Waals surface area contributed by atoms with Crippen LogP contribution in [0.25, 0.3) is 0 Å². The summed E-state index contributed by atoms with van der Waals surface area (Å²) in [6.07, 6.45) is 1.23. The van der Waals surface area contributed by atoms with Gasteiger partial charge in [0.15, 0.2) is 0 Å². The van der Waals surface area contributed by atoms with Crippen molar-refractivity contribution in [3.05, 3.63) is 35.4 Å². The minimum Gasteiger partial charge on any atom is -0.870 e. The first kappa shape index (κ1) is 22.4. The molecule has 0 saturated heterocycles. The van der Waals surface area contributed by atoms with Crippen molar-refractivity contribution < 1.29 is 25.3 Å². The Kier molecular flexibility index (Phi) is 15.8. The molecule has 0 aliphatic carbocycles. The summed E-state index contributed by atoms with van der Waals surface area (Å²) in [7, 11) is 0. The van der Waals surface area contributed by atoms with Crippen molar-refractivity contribution in [1.82, 2.24) is 0 Å². The second-order valence-electron chi connectivity index (χ2n) is 2.91. The first-order chi connectivity index (χ1) is 7.52. The molecule has 0 saturated carbocycles. The van der Waals surface area contributed by atoms with E-state index in [9.17, 15) is 19.8 Å². The van der Waals surface area contributed by atoms with Crippen molar-refractivity contribution in [2.45, 2.75) is 13.3 Å². The van der Waals surface area contributed by atoms with Crippen molar-refractivity contribution in [2.75, 3.05) is 5.75 Å². The van der Waals surface area contributed by atoms with Gasteiger partial charge < -0.3 is 25.3 Å². The molecule has 0 bridgehead atoms. The van der Waals surface area contributed by atoms with Gasteiger partial charge in [0.25, 0.3) is 0 Å². The summed E-state index contributed by atoms with van der Waals surface area (Å²) < 4.78 is 0. The number of carboxylic acids is 2. The number of carboxylic acid groups (broad SMARTS) is 2. The Hall–Kier alpha value is -0.764. The topological polar surface area (TPSA) is 110 Å². The summed E-state index contributed by atoms with van der Waals surface area (Å²) in [5, 5.41) is 20.5. The first-order valence-corrected chi connectivity index (χ1v) is 5.41. The maximum atomic E-state index is 10.3. The molecular formula is C11H14MgO5S. The molecule has 96 valence electrons. The minimum atomic E-state index is -1.40. The van der Waals surface area contributed by atoms with E-state index in [1.54, 1.807) is 0 Å². The number of hydrogen-bond donors (Lipinski definition) is 0. The fourth-order valence-corrected chi connectivity index (χ4v) is 0.773. The summed E-state index contributed by atoms with van der Waals surface area (Å²) in [4.78, 5) is 20.5. The van der Waals surface area contributed by atoms with Crippen LogP contribution in [0.3, 0.4) is 0 Å². The molecule has 1 aromatic rings. The molecule has 18 heavy (non-hydrogen) atoms. The number of carbonyl (C=O) groups excluding carboxylic acids is 2. The number of benzene rings is 1. The quantitative estimate of drug-likeness (QED) is 0.483. The number of aromatic carboxylic acids is 2. The van der Waals surface area contributed by atoms with E-state index in [1.807, 2.05) is 0 Å². The molecule has 1 aromatic carbocycles. The number of rotatable bonds is 3. The van der Waals surface area contributed by atoms with Crippen molar-refractivity contribution in [2.24, 2.45) is 0 Å². The molecule has 0 aliphatic heterocycles. The Morgan fingerprint density at radius 2 is 1.50 bits per heavy atom. The Bertz CT molecular complexity index is 339. The van der Waals surface area contributed by atoms with Crippen molar-refractivity contribution >= 4 is 47.6 Å². The van der Waals surface area contributed by atoms with E-state index in [1.165, 1.54) is 24.6 Å². The molecule has 0 atom stereocenters. The molecule has 0 fully saturated rings. The van der Waals surface area contributed by atoms with Gasteiger partial charge in [0, 0.05) is 0 Å². The van der Waals surface area contributed by atoms with Crippen LogP contribution in [0.2, 0.25) is 0 Å². The van der Waals surface area contributed by atoms with Crippen LogP contribution in [0, 0.1) is 0 Å². The normalized spacial score (nSPS) is 7.89. The van der Waals surface area contributed by atoms with Gasteiger partial charge in [0.2, 0.25) is 0 Å². The Balaban J connectivity index is -0.000000332. The van der Waals surface area contributed by atoms with Gasteiger partial charge in [-0.2, -0.15) is 0 Å². The average Bonchev–Trinajstić information content (AvgIpc) is 2.29. The second-order valence-corrected chi connectivity index (χ2v) is 3.41. The maximum Gasteiger partial charge on any atom is 2.00 e. The first-order valence-electron chi connectivity index (χ1n) is 4.70. The molecule has 0 heterocycles. The largest absolute Gasteiger partial charge is 2.00 e. The van der Waals surface area contributed by atoms with E-state index >= 15 is 0 Å². The smallest absolute Gasteiger partial charge is 0.870 e. The molecule has 0 spiro atoms. The van der Waals surface area contributed by atoms with Crippen LogP contribution >= 0.6 is 0 Å². The number of hydrogen-bond acceptors (Lipinski definition) is 5. The van der Waals surface area contributed by atoms with Gasteiger partial charge >= 0.3 is 23.1 Å². The average molecular weight is 283 g/mol. The monoisotopic (exact) mass is 282 g/mol. The molecule has 5 nitrogen and oxygen atoms in total. The van der Waals surface area contributed by atoms with Crippen LogP contribution in [0.1, 0.15) is 34.1 Å². The summed E-state index contributed by atoms with van der Waals surface area (Å²) in [6, 6.07) is 4.81. The summed E-state index contributed by atoms with van der Waals surface area (Å²) in [5.74, 6) is -1.68. The maximum absolute atomic E-state index is 10.3. The zero-order valence-electron chi connectivity index (χ0n) is 10.0. The molecule has 0 aliphatic rings. The van der Waals surface area contributed by atoms with Crippen LogP contribution < -0.4 is 10.2 Å². The van der Waals surface area contributed by atoms with Crippen LogP contribution in [0.4, 0.5) is 0 Å². The van der Waals surface area contributed by atoms with Crippen molar-refractivity contribution in [1.29, 1.82) is 0 Å². The summed E-state index contributed by atoms with van der Waals surface area (Å²) >= 11 is 3.29. The summed E-state index contributed by atoms with van der Waals surface area (Å²) in [5.41, 5.74) is -0.339. The van der Waals surface area contributed by atoms with Gasteiger partial charge in [0.05, 0.1) is 11.9 Å². The molecule has 0 radical (unpaired) electrons. The Labute approximate surface area is 127 Å². The molecular weight excluding hydrogens is 268 g/mol. The molecule has 0 amide bonds. The van der Waals surface area contributed by atoms with E-state index in [4.69, 9.17) is 0 Å². The predicted octanol–water partition coefficient (Wildman–Crippen LogP) is -1.74. The van der Waals surface area contributed by atoms with Crippen LogP contribution in [-0.4, -0.2) is 46.2 Å². The Morgan fingerprint density at radius 3 is 1.72 bits per heavy atom. The standard InChI is InChI=1S/C8H6O4.C3H8S.Mg.H2O/c9-7(10)5-2-1-3-6(4-5)8(11)12;1-2-3-4;;/h1-4H,(H,9,10)(H,11,12);4H,2-3H2,1H3;;1H2/q;;+2;/p-2. The third-order valence-corrected chi connectivity index (χ3v) is 2.08. The van der Waals surface area contributed by atoms with E-state index in [2.05, 4.69) is 19.6 Å². The van der Waals surface area contributed by atoms with Gasteiger partial charge in [-0.1, -0.05) is 25.1 Å². The molecule has 0 aromatic heterocycles. The third kappa shape index (κ3) is 9.29. The minimum absolute atomic E-state index is 0. The van der Waals surface area contributed by atoms with E-state index in [0.717, 1.165) is 11.8 Å². The number of carbonyl (C=O) groups is 2. The van der Waals surface area contributed by atoms with Crippen molar-refractivity contribution in [3.8, 4) is 0 Å². The van der Waals surface area contributed by atoms with E-state index < -0.39 is 11.9 Å². The van der Waals surface area contributed by atoms with Crippen LogP contribution in [0.15, 0.2) is 24.3 Å². The zero-order valence-corrected chi connectivity index (χ0v) is 12.4. The van der Waals surface area contributed by atoms with Crippen LogP contribution in [0.5, 0.6) is 0 Å². The fraction of sp³-hybridized carbons (Fsp3) is 0.273. The predicted molar refractivity (Wildman–Crippen MR) is 68.1 cm³/mol. The molecule has 1 rings (SSSR count). The summed E-state index contributed by atoms with van der Waals surface area (Å²) in [6.45, 7) is 2.13. The fourth-order valence-electron chi connectivity index (χ4n) is 0.773. The Morgan fingerprint density at radius 1 is 1.17 bits per heavy atom. The van der Waals surface area contributed by atoms with Gasteiger partial charge in [-0.15, -0.1) is 0 Å². The molecule has 0 unspecified atom stereocenters. The second kappa shape index (κ2) is 12.7. The van der Waals surface area contributed by atoms with E-state index in [-0.39, 0.29) is 39.7 Å².